The number of rotatable bonds is 5. The number of imide groups is 1. The molecule has 0 aliphatic carbocycles. The number of hydrogen-bond donors (Lipinski definition) is 1. The molecule has 2 aliphatic rings. The molecule has 9 heteroatoms. The summed E-state index contributed by atoms with van der Waals surface area (Å²) < 4.78 is 16.1. The van der Waals surface area contributed by atoms with Gasteiger partial charge in [-0.15, -0.1) is 0 Å². The van der Waals surface area contributed by atoms with Crippen molar-refractivity contribution in [3.05, 3.63) is 53.6 Å². The third kappa shape index (κ3) is 3.81. The van der Waals surface area contributed by atoms with E-state index in [1.165, 1.54) is 26.0 Å². The van der Waals surface area contributed by atoms with Gasteiger partial charge < -0.3 is 19.5 Å². The van der Waals surface area contributed by atoms with Gasteiger partial charge in [0, 0.05) is 11.8 Å². The van der Waals surface area contributed by atoms with Crippen LogP contribution in [0.15, 0.2) is 42.5 Å². The Hall–Kier alpha value is -3.88. The number of hydrogen-bond acceptors (Lipinski definition) is 7. The number of carbonyl (C=O) groups excluding carboxylic acids is 4. The highest BCUT2D eigenvalue weighted by atomic mass is 16.6. The van der Waals surface area contributed by atoms with E-state index in [-0.39, 0.29) is 11.1 Å². The third-order valence-electron chi connectivity index (χ3n) is 5.03. The molecule has 0 spiro atoms. The van der Waals surface area contributed by atoms with Crippen LogP contribution in [0.4, 0.5) is 5.69 Å². The molecule has 4 rings (SSSR count). The minimum absolute atomic E-state index is 0.233. The lowest BCUT2D eigenvalue weighted by Gasteiger charge is -2.23. The van der Waals surface area contributed by atoms with Crippen LogP contribution < -0.4 is 14.8 Å². The Balaban J connectivity index is 1.38. The Bertz CT molecular complexity index is 1050. The lowest BCUT2D eigenvalue weighted by Crippen LogP contribution is -2.45. The maximum absolute atomic E-state index is 12.5. The van der Waals surface area contributed by atoms with Crippen LogP contribution in [-0.4, -0.2) is 54.0 Å². The van der Waals surface area contributed by atoms with Crippen molar-refractivity contribution in [1.29, 1.82) is 0 Å². The Morgan fingerprint density at radius 2 is 1.58 bits per heavy atom. The molecule has 31 heavy (non-hydrogen) atoms. The number of nitrogens with one attached hydrogen (secondary N) is 1. The number of benzene rings is 2. The van der Waals surface area contributed by atoms with Gasteiger partial charge in [-0.25, -0.2) is 4.79 Å². The SMILES string of the molecule is CC(OC(=O)C(C)N1C(=O)c2ccccc2C1=O)C(=O)Nc1ccc2c(c1)OCCO2. The van der Waals surface area contributed by atoms with Crippen molar-refractivity contribution in [1.82, 2.24) is 4.90 Å². The molecular weight excluding hydrogens is 404 g/mol. The van der Waals surface area contributed by atoms with E-state index in [0.717, 1.165) is 4.90 Å². The summed E-state index contributed by atoms with van der Waals surface area (Å²) in [6, 6.07) is 10.1. The molecular formula is C22H20N2O7. The highest BCUT2D eigenvalue weighted by molar-refractivity contribution is 6.22. The molecule has 160 valence electrons. The summed E-state index contributed by atoms with van der Waals surface area (Å²) in [5.74, 6) is -1.48. The first kappa shape index (κ1) is 20.4. The zero-order chi connectivity index (χ0) is 22.1. The van der Waals surface area contributed by atoms with Gasteiger partial charge in [-0.2, -0.15) is 0 Å². The van der Waals surface area contributed by atoms with Crippen LogP contribution in [0.25, 0.3) is 0 Å². The van der Waals surface area contributed by atoms with Crippen LogP contribution in [0.2, 0.25) is 0 Å². The number of ether oxygens (including phenoxy) is 3. The molecule has 0 saturated heterocycles. The summed E-state index contributed by atoms with van der Waals surface area (Å²) >= 11 is 0. The van der Waals surface area contributed by atoms with Crippen molar-refractivity contribution in [2.75, 3.05) is 18.5 Å². The van der Waals surface area contributed by atoms with Crippen molar-refractivity contribution in [3.63, 3.8) is 0 Å². The highest BCUT2D eigenvalue weighted by Gasteiger charge is 2.41. The summed E-state index contributed by atoms with van der Waals surface area (Å²) in [4.78, 5) is 50.9. The Morgan fingerprint density at radius 1 is 0.968 bits per heavy atom. The summed E-state index contributed by atoms with van der Waals surface area (Å²) in [5, 5.41) is 2.64. The highest BCUT2D eigenvalue weighted by Crippen LogP contribution is 2.32. The van der Waals surface area contributed by atoms with E-state index in [1.807, 2.05) is 0 Å². The summed E-state index contributed by atoms with van der Waals surface area (Å²) in [5.41, 5.74) is 0.915. The van der Waals surface area contributed by atoms with Gasteiger partial charge in [0.15, 0.2) is 17.6 Å². The maximum Gasteiger partial charge on any atom is 0.329 e. The topological polar surface area (TPSA) is 111 Å². The molecule has 3 amide bonds. The lowest BCUT2D eigenvalue weighted by atomic mass is 10.1. The van der Waals surface area contributed by atoms with Gasteiger partial charge in [0.25, 0.3) is 17.7 Å². The van der Waals surface area contributed by atoms with Crippen LogP contribution >= 0.6 is 0 Å². The lowest BCUT2D eigenvalue weighted by molar-refractivity contribution is -0.156. The van der Waals surface area contributed by atoms with Gasteiger partial charge in [0.1, 0.15) is 19.3 Å². The fourth-order valence-corrected chi connectivity index (χ4v) is 3.36. The van der Waals surface area contributed by atoms with Gasteiger partial charge in [-0.05, 0) is 38.1 Å². The second kappa shape index (κ2) is 8.10. The summed E-state index contributed by atoms with van der Waals surface area (Å²) in [6.45, 7) is 3.65. The van der Waals surface area contributed by atoms with Gasteiger partial charge >= 0.3 is 5.97 Å². The number of anilines is 1. The van der Waals surface area contributed by atoms with Crippen LogP contribution in [0, 0.1) is 0 Å². The monoisotopic (exact) mass is 424 g/mol. The minimum Gasteiger partial charge on any atom is -0.486 e. The molecule has 0 radical (unpaired) electrons. The third-order valence-corrected chi connectivity index (χ3v) is 5.03. The number of esters is 1. The van der Waals surface area contributed by atoms with E-state index in [4.69, 9.17) is 14.2 Å². The Labute approximate surface area is 177 Å². The molecule has 2 heterocycles. The van der Waals surface area contributed by atoms with Crippen LogP contribution in [0.3, 0.4) is 0 Å². The van der Waals surface area contributed by atoms with Gasteiger partial charge in [-0.3, -0.25) is 19.3 Å². The van der Waals surface area contributed by atoms with Crippen molar-refractivity contribution < 1.29 is 33.4 Å². The second-order valence-corrected chi connectivity index (χ2v) is 7.13. The molecule has 2 unspecified atom stereocenters. The van der Waals surface area contributed by atoms with Crippen molar-refractivity contribution in [3.8, 4) is 11.5 Å². The fourth-order valence-electron chi connectivity index (χ4n) is 3.36. The Morgan fingerprint density at radius 3 is 2.23 bits per heavy atom. The van der Waals surface area contributed by atoms with Gasteiger partial charge in [0.05, 0.1) is 11.1 Å². The number of amides is 3. The molecule has 0 aromatic heterocycles. The van der Waals surface area contributed by atoms with E-state index in [1.54, 1.807) is 30.3 Å². The predicted octanol–water partition coefficient (Wildman–Crippen LogP) is 2.01. The largest absolute Gasteiger partial charge is 0.486 e. The Kier molecular flexibility index (Phi) is 5.33. The van der Waals surface area contributed by atoms with E-state index in [0.29, 0.717) is 30.4 Å². The molecule has 0 bridgehead atoms. The van der Waals surface area contributed by atoms with Crippen LogP contribution in [0.1, 0.15) is 34.6 Å². The summed E-state index contributed by atoms with van der Waals surface area (Å²) in [7, 11) is 0. The van der Waals surface area contributed by atoms with Crippen molar-refractivity contribution in [2.24, 2.45) is 0 Å². The first-order chi connectivity index (χ1) is 14.9. The van der Waals surface area contributed by atoms with Gasteiger partial charge in [-0.1, -0.05) is 12.1 Å². The van der Waals surface area contributed by atoms with Crippen molar-refractivity contribution >= 4 is 29.4 Å². The van der Waals surface area contributed by atoms with E-state index in [2.05, 4.69) is 5.32 Å². The van der Waals surface area contributed by atoms with Crippen LogP contribution in [0.5, 0.6) is 11.5 Å². The molecule has 9 nitrogen and oxygen atoms in total. The first-order valence-corrected chi connectivity index (χ1v) is 9.74. The average molecular weight is 424 g/mol. The first-order valence-electron chi connectivity index (χ1n) is 9.74. The smallest absolute Gasteiger partial charge is 0.329 e. The number of fused-ring (bicyclic) bond motifs is 2. The average Bonchev–Trinajstić information content (AvgIpc) is 3.03. The minimum atomic E-state index is -1.18. The molecule has 0 saturated carbocycles. The number of carbonyl (C=O) groups is 4. The van der Waals surface area contributed by atoms with E-state index >= 15 is 0 Å². The van der Waals surface area contributed by atoms with E-state index < -0.39 is 35.8 Å². The van der Waals surface area contributed by atoms with Crippen LogP contribution in [-0.2, 0) is 14.3 Å². The predicted molar refractivity (Wildman–Crippen MR) is 108 cm³/mol. The summed E-state index contributed by atoms with van der Waals surface area (Å²) in [6.07, 6.45) is -1.15. The number of nitrogens with zero attached hydrogens (tertiary/aromatic N) is 1. The zero-order valence-corrected chi connectivity index (χ0v) is 16.9. The van der Waals surface area contributed by atoms with E-state index in [9.17, 15) is 19.2 Å². The molecule has 2 aromatic carbocycles. The normalized spacial score (nSPS) is 16.4. The quantitative estimate of drug-likeness (QED) is 0.577. The molecule has 1 N–H and O–H groups in total. The van der Waals surface area contributed by atoms with Crippen molar-refractivity contribution in [2.45, 2.75) is 26.0 Å². The molecule has 0 fully saturated rings. The molecule has 2 atom stereocenters. The maximum atomic E-state index is 12.5. The molecule has 2 aliphatic heterocycles. The standard InChI is InChI=1S/C22H20N2O7/c1-12(24-20(26)15-5-3-4-6-16(15)21(24)27)22(28)31-13(2)19(25)23-14-7-8-17-18(11-14)30-10-9-29-17/h3-8,11-13H,9-10H2,1-2H3,(H,23,25). The second-order valence-electron chi connectivity index (χ2n) is 7.13. The zero-order valence-electron chi connectivity index (χ0n) is 16.9. The molecule has 2 aromatic rings. The fraction of sp³-hybridized carbons (Fsp3) is 0.273. The van der Waals surface area contributed by atoms with Gasteiger partial charge in [0.2, 0.25) is 0 Å².